The number of methoxy groups -OCH3 is 2. The molecule has 5 heteroatoms. The van der Waals surface area contributed by atoms with Gasteiger partial charge in [-0.1, -0.05) is 44.3 Å². The van der Waals surface area contributed by atoms with Crippen LogP contribution in [-0.2, 0) is 4.79 Å². The third kappa shape index (κ3) is 4.05. The van der Waals surface area contributed by atoms with Crippen LogP contribution in [0.3, 0.4) is 0 Å². The molecule has 1 saturated carbocycles. The zero-order chi connectivity index (χ0) is 20.2. The van der Waals surface area contributed by atoms with Crippen molar-refractivity contribution in [3.63, 3.8) is 0 Å². The SMILES string of the molecule is COc1ccc(C2=NN(C3CCCCCCC3)C(=O)[C@H]3CC=CC[C@@H]23)cc1OC. The lowest BCUT2D eigenvalue weighted by Crippen LogP contribution is -2.49. The molecule has 1 fully saturated rings. The van der Waals surface area contributed by atoms with Gasteiger partial charge in [-0.25, -0.2) is 5.01 Å². The minimum Gasteiger partial charge on any atom is -0.493 e. The van der Waals surface area contributed by atoms with Gasteiger partial charge < -0.3 is 9.47 Å². The van der Waals surface area contributed by atoms with Gasteiger partial charge in [-0.15, -0.1) is 0 Å². The zero-order valence-corrected chi connectivity index (χ0v) is 17.6. The van der Waals surface area contributed by atoms with Gasteiger partial charge in [0.05, 0.1) is 31.9 Å². The summed E-state index contributed by atoms with van der Waals surface area (Å²) in [5.41, 5.74) is 2.04. The molecule has 3 aliphatic rings. The van der Waals surface area contributed by atoms with Crippen molar-refractivity contribution in [2.24, 2.45) is 16.9 Å². The second-order valence-corrected chi connectivity index (χ2v) is 8.39. The van der Waals surface area contributed by atoms with Gasteiger partial charge >= 0.3 is 0 Å². The monoisotopic (exact) mass is 396 g/mol. The molecule has 0 unspecified atom stereocenters. The summed E-state index contributed by atoms with van der Waals surface area (Å²) in [6, 6.07) is 6.20. The molecule has 0 spiro atoms. The Hall–Kier alpha value is -2.30. The smallest absolute Gasteiger partial charge is 0.247 e. The largest absolute Gasteiger partial charge is 0.493 e. The number of allylic oxidation sites excluding steroid dienone is 2. The van der Waals surface area contributed by atoms with E-state index >= 15 is 0 Å². The van der Waals surface area contributed by atoms with E-state index in [0.717, 1.165) is 37.0 Å². The Morgan fingerprint density at radius 1 is 0.897 bits per heavy atom. The number of hydrogen-bond acceptors (Lipinski definition) is 4. The fourth-order valence-electron chi connectivity index (χ4n) is 5.01. The molecule has 1 aromatic rings. The highest BCUT2D eigenvalue weighted by molar-refractivity contribution is 6.07. The van der Waals surface area contributed by atoms with Gasteiger partial charge in [0.25, 0.3) is 0 Å². The number of benzene rings is 1. The van der Waals surface area contributed by atoms with Crippen LogP contribution in [0, 0.1) is 11.8 Å². The Morgan fingerprint density at radius 2 is 1.55 bits per heavy atom. The van der Waals surface area contributed by atoms with Crippen molar-refractivity contribution < 1.29 is 14.3 Å². The Morgan fingerprint density at radius 3 is 2.24 bits per heavy atom. The molecule has 5 nitrogen and oxygen atoms in total. The summed E-state index contributed by atoms with van der Waals surface area (Å²) in [5.74, 6) is 1.75. The highest BCUT2D eigenvalue weighted by Crippen LogP contribution is 2.38. The summed E-state index contributed by atoms with van der Waals surface area (Å²) in [7, 11) is 3.30. The molecule has 1 aromatic carbocycles. The van der Waals surface area contributed by atoms with Gasteiger partial charge in [-0.3, -0.25) is 4.79 Å². The first kappa shape index (κ1) is 20.0. The van der Waals surface area contributed by atoms with Crippen molar-refractivity contribution in [1.82, 2.24) is 5.01 Å². The Labute approximate surface area is 173 Å². The van der Waals surface area contributed by atoms with E-state index in [4.69, 9.17) is 14.6 Å². The van der Waals surface area contributed by atoms with Crippen LogP contribution in [0.4, 0.5) is 0 Å². The maximum Gasteiger partial charge on any atom is 0.247 e. The molecule has 29 heavy (non-hydrogen) atoms. The summed E-state index contributed by atoms with van der Waals surface area (Å²) in [6.45, 7) is 0. The van der Waals surface area contributed by atoms with Crippen molar-refractivity contribution in [3.8, 4) is 11.5 Å². The first-order chi connectivity index (χ1) is 14.2. The third-order valence-electron chi connectivity index (χ3n) is 6.64. The zero-order valence-electron chi connectivity index (χ0n) is 17.6. The van der Waals surface area contributed by atoms with Crippen molar-refractivity contribution in [3.05, 3.63) is 35.9 Å². The Bertz CT molecular complexity index is 793. The number of hydrogen-bond donors (Lipinski definition) is 0. The van der Waals surface area contributed by atoms with E-state index in [2.05, 4.69) is 12.2 Å². The highest BCUT2D eigenvalue weighted by atomic mass is 16.5. The molecule has 0 aromatic heterocycles. The number of ether oxygens (including phenoxy) is 2. The highest BCUT2D eigenvalue weighted by Gasteiger charge is 2.42. The first-order valence-corrected chi connectivity index (χ1v) is 11.0. The first-order valence-electron chi connectivity index (χ1n) is 11.0. The van der Waals surface area contributed by atoms with E-state index in [9.17, 15) is 4.79 Å². The lowest BCUT2D eigenvalue weighted by molar-refractivity contribution is -0.140. The van der Waals surface area contributed by atoms with Gasteiger partial charge in [0.1, 0.15) is 0 Å². The van der Waals surface area contributed by atoms with Crippen molar-refractivity contribution >= 4 is 11.6 Å². The minimum absolute atomic E-state index is 0.00830. The second-order valence-electron chi connectivity index (χ2n) is 8.39. The molecule has 0 bridgehead atoms. The molecule has 1 aliphatic heterocycles. The third-order valence-corrected chi connectivity index (χ3v) is 6.64. The molecule has 2 aliphatic carbocycles. The van der Waals surface area contributed by atoms with Crippen LogP contribution in [0.2, 0.25) is 0 Å². The van der Waals surface area contributed by atoms with Crippen LogP contribution in [-0.4, -0.2) is 36.9 Å². The Kier molecular flexibility index (Phi) is 6.22. The van der Waals surface area contributed by atoms with Crippen LogP contribution in [0.5, 0.6) is 11.5 Å². The van der Waals surface area contributed by atoms with Gasteiger partial charge in [0.15, 0.2) is 11.5 Å². The summed E-state index contributed by atoms with van der Waals surface area (Å²) < 4.78 is 10.9. The van der Waals surface area contributed by atoms with E-state index in [1.807, 2.05) is 23.2 Å². The van der Waals surface area contributed by atoms with E-state index in [1.54, 1.807) is 14.2 Å². The molecule has 156 valence electrons. The predicted octanol–water partition coefficient (Wildman–Crippen LogP) is 4.95. The predicted molar refractivity (Wildman–Crippen MR) is 114 cm³/mol. The fourth-order valence-corrected chi connectivity index (χ4v) is 5.01. The standard InChI is InChI=1S/C24H32N2O3/c1-28-21-15-14-17(16-22(21)29-2)23-19-12-8-9-13-20(19)24(27)26(25-23)18-10-6-4-3-5-7-11-18/h8-9,14-16,18-20H,3-7,10-13H2,1-2H3/t19-,20+/m1/s1. The van der Waals surface area contributed by atoms with Crippen molar-refractivity contribution in [1.29, 1.82) is 0 Å². The number of carbonyl (C=O) groups is 1. The summed E-state index contributed by atoms with van der Waals surface area (Å²) >= 11 is 0. The number of rotatable bonds is 4. The summed E-state index contributed by atoms with van der Waals surface area (Å²) in [5, 5.41) is 6.87. The number of hydrazone groups is 1. The molecule has 1 amide bonds. The van der Waals surface area contributed by atoms with Gasteiger partial charge in [0, 0.05) is 11.5 Å². The molecule has 1 heterocycles. The van der Waals surface area contributed by atoms with Crippen LogP contribution in [0.1, 0.15) is 63.4 Å². The van der Waals surface area contributed by atoms with Crippen LogP contribution in [0.15, 0.2) is 35.5 Å². The lowest BCUT2D eigenvalue weighted by Gasteiger charge is -2.40. The molecule has 2 atom stereocenters. The maximum absolute atomic E-state index is 13.4. The maximum atomic E-state index is 13.4. The van der Waals surface area contributed by atoms with Gasteiger partial charge in [-0.05, 0) is 43.9 Å². The average molecular weight is 397 g/mol. The molecular weight excluding hydrogens is 364 g/mol. The quantitative estimate of drug-likeness (QED) is 0.677. The normalized spacial score (nSPS) is 25.7. The molecule has 4 rings (SSSR count). The van der Waals surface area contributed by atoms with Crippen LogP contribution >= 0.6 is 0 Å². The lowest BCUT2D eigenvalue weighted by atomic mass is 9.76. The average Bonchev–Trinajstić information content (AvgIpc) is 2.74. The number of nitrogens with zero attached hydrogens (tertiary/aromatic N) is 2. The number of carbonyl (C=O) groups excluding carboxylic acids is 1. The van der Waals surface area contributed by atoms with Crippen LogP contribution < -0.4 is 9.47 Å². The fraction of sp³-hybridized carbons (Fsp3) is 0.583. The summed E-state index contributed by atoms with van der Waals surface area (Å²) in [4.78, 5) is 13.4. The number of fused-ring (bicyclic) bond motifs is 1. The minimum atomic E-state index is -0.00830. The molecule has 0 N–H and O–H groups in total. The topological polar surface area (TPSA) is 51.1 Å². The van der Waals surface area contributed by atoms with Gasteiger partial charge in [-0.2, -0.15) is 5.10 Å². The van der Waals surface area contributed by atoms with E-state index in [-0.39, 0.29) is 23.8 Å². The van der Waals surface area contributed by atoms with E-state index in [1.165, 1.54) is 32.1 Å². The van der Waals surface area contributed by atoms with Crippen LogP contribution in [0.25, 0.3) is 0 Å². The van der Waals surface area contributed by atoms with Crippen molar-refractivity contribution in [2.45, 2.75) is 63.8 Å². The number of amides is 1. The van der Waals surface area contributed by atoms with E-state index in [0.29, 0.717) is 11.5 Å². The molecular formula is C24H32N2O3. The van der Waals surface area contributed by atoms with Gasteiger partial charge in [0.2, 0.25) is 5.91 Å². The van der Waals surface area contributed by atoms with Crippen molar-refractivity contribution in [2.75, 3.05) is 14.2 Å². The molecule has 0 radical (unpaired) electrons. The molecule has 0 saturated heterocycles. The summed E-state index contributed by atoms with van der Waals surface area (Å²) in [6.07, 6.45) is 14.3. The second kappa shape index (κ2) is 9.02. The van der Waals surface area contributed by atoms with E-state index < -0.39 is 0 Å². The Balaban J connectivity index is 1.72.